The Balaban J connectivity index is 1.56. The van der Waals surface area contributed by atoms with E-state index >= 15 is 0 Å². The maximum Gasteiger partial charge on any atom is 0.343 e. The zero-order chi connectivity index (χ0) is 25.7. The summed E-state index contributed by atoms with van der Waals surface area (Å²) in [7, 11) is 1.23. The molecule has 188 valence electrons. The minimum atomic E-state index is -0.958. The van der Waals surface area contributed by atoms with Gasteiger partial charge in [0.05, 0.1) is 13.7 Å². The van der Waals surface area contributed by atoms with Crippen LogP contribution in [0.5, 0.6) is 5.75 Å². The van der Waals surface area contributed by atoms with Crippen LogP contribution in [0.25, 0.3) is 0 Å². The van der Waals surface area contributed by atoms with Crippen molar-refractivity contribution in [3.8, 4) is 5.75 Å². The van der Waals surface area contributed by atoms with Crippen molar-refractivity contribution in [2.24, 2.45) is 0 Å². The predicted molar refractivity (Wildman–Crippen MR) is 128 cm³/mol. The number of aromatic nitrogens is 1. The molecule has 1 amide bonds. The number of hydrogen-bond acceptors (Lipinski definition) is 5. The molecule has 0 bridgehead atoms. The van der Waals surface area contributed by atoms with Crippen LogP contribution in [-0.4, -0.2) is 48.1 Å². The number of halogens is 2. The van der Waals surface area contributed by atoms with Gasteiger partial charge in [-0.05, 0) is 30.5 Å². The fourth-order valence-electron chi connectivity index (χ4n) is 4.35. The number of methoxy groups -OCH3 is 1. The van der Waals surface area contributed by atoms with Crippen LogP contribution in [0.2, 0.25) is 0 Å². The number of hydrogen-bond donors (Lipinski definition) is 0. The molecular formula is C27H26F2N2O5. The molecule has 0 fully saturated rings. The monoisotopic (exact) mass is 496 g/mol. The van der Waals surface area contributed by atoms with Gasteiger partial charge in [-0.2, -0.15) is 0 Å². The van der Waals surface area contributed by atoms with Crippen LogP contribution < -0.4 is 10.3 Å². The Hall–Kier alpha value is -4.01. The van der Waals surface area contributed by atoms with E-state index in [0.717, 1.165) is 24.1 Å². The van der Waals surface area contributed by atoms with E-state index < -0.39 is 34.6 Å². The van der Waals surface area contributed by atoms with Crippen LogP contribution >= 0.6 is 0 Å². The third-order valence-corrected chi connectivity index (χ3v) is 6.16. The highest BCUT2D eigenvalue weighted by Crippen LogP contribution is 2.25. The van der Waals surface area contributed by atoms with E-state index in [9.17, 15) is 23.2 Å². The molecular weight excluding hydrogens is 470 g/mol. The predicted octanol–water partition coefficient (Wildman–Crippen LogP) is 3.62. The van der Waals surface area contributed by atoms with E-state index in [4.69, 9.17) is 9.47 Å². The summed E-state index contributed by atoms with van der Waals surface area (Å²) in [6.07, 6.45) is 1.53. The minimum absolute atomic E-state index is 0.0391. The van der Waals surface area contributed by atoms with Gasteiger partial charge in [-0.1, -0.05) is 36.4 Å². The van der Waals surface area contributed by atoms with Gasteiger partial charge in [0.15, 0.2) is 0 Å². The van der Waals surface area contributed by atoms with Crippen molar-refractivity contribution < 1.29 is 27.8 Å². The first-order chi connectivity index (χ1) is 17.4. The highest BCUT2D eigenvalue weighted by Gasteiger charge is 2.29. The van der Waals surface area contributed by atoms with Crippen LogP contribution in [0, 0.1) is 11.6 Å². The molecule has 9 heteroatoms. The molecule has 1 aromatic heterocycles. The molecule has 1 aliphatic rings. The highest BCUT2D eigenvalue weighted by molar-refractivity contribution is 5.95. The molecule has 2 aromatic carbocycles. The maximum absolute atomic E-state index is 14.2. The molecule has 0 N–H and O–H groups in total. The molecule has 0 radical (unpaired) electrons. The van der Waals surface area contributed by atoms with Crippen molar-refractivity contribution in [3.63, 3.8) is 0 Å². The first kappa shape index (κ1) is 25.1. The van der Waals surface area contributed by atoms with Crippen LogP contribution in [0.4, 0.5) is 8.78 Å². The molecule has 36 heavy (non-hydrogen) atoms. The van der Waals surface area contributed by atoms with E-state index in [0.29, 0.717) is 12.1 Å². The second-order valence-corrected chi connectivity index (χ2v) is 8.39. The Bertz CT molecular complexity index is 1300. The zero-order valence-electron chi connectivity index (χ0n) is 19.8. The number of aryl methyl sites for hydroxylation is 1. The Morgan fingerprint density at radius 3 is 2.36 bits per heavy atom. The van der Waals surface area contributed by atoms with Gasteiger partial charge in [-0.3, -0.25) is 9.59 Å². The summed E-state index contributed by atoms with van der Waals surface area (Å²) in [6, 6.07) is 14.3. The third kappa shape index (κ3) is 5.30. The molecule has 0 saturated carbocycles. The number of benzene rings is 2. The van der Waals surface area contributed by atoms with E-state index in [1.54, 1.807) is 0 Å². The van der Waals surface area contributed by atoms with Gasteiger partial charge in [0, 0.05) is 37.8 Å². The summed E-state index contributed by atoms with van der Waals surface area (Å²) in [5.41, 5.74) is 0.570. The number of ether oxygens (including phenoxy) is 2. The van der Waals surface area contributed by atoms with Crippen LogP contribution in [0.3, 0.4) is 0 Å². The lowest BCUT2D eigenvalue weighted by molar-refractivity contribution is 0.0593. The Labute approximate surface area is 206 Å². The fraction of sp³-hybridized carbons (Fsp3) is 0.296. The average Bonchev–Trinajstić information content (AvgIpc) is 3.10. The second kappa shape index (κ2) is 11.2. The molecule has 3 aromatic rings. The standard InChI is InChI=1S/C27H26F2N2O5/c1-35-27(34)25-21-12-13-30(26(33)24-19(28)10-5-11-20(24)29)14-15-31(21)23(32)17-22(25)36-16-6-9-18-7-3-2-4-8-18/h2-5,7-8,10-11,17H,6,9,12-16H2,1H3. The van der Waals surface area contributed by atoms with Crippen molar-refractivity contribution in [1.29, 1.82) is 0 Å². The van der Waals surface area contributed by atoms with Crippen molar-refractivity contribution in [2.75, 3.05) is 26.8 Å². The largest absolute Gasteiger partial charge is 0.492 e. The molecule has 4 rings (SSSR count). The topological polar surface area (TPSA) is 77.8 Å². The van der Waals surface area contributed by atoms with Crippen LogP contribution in [0.15, 0.2) is 59.4 Å². The Morgan fingerprint density at radius 2 is 1.67 bits per heavy atom. The van der Waals surface area contributed by atoms with Crippen LogP contribution in [-0.2, 0) is 24.1 Å². The first-order valence-electron chi connectivity index (χ1n) is 11.7. The lowest BCUT2D eigenvalue weighted by Crippen LogP contribution is -2.35. The van der Waals surface area contributed by atoms with Gasteiger partial charge < -0.3 is 18.9 Å². The number of esters is 1. The van der Waals surface area contributed by atoms with E-state index in [-0.39, 0.29) is 44.0 Å². The summed E-state index contributed by atoms with van der Waals surface area (Å²) in [4.78, 5) is 39.8. The molecule has 2 heterocycles. The summed E-state index contributed by atoms with van der Waals surface area (Å²) in [5.74, 6) is -3.29. The number of amides is 1. The zero-order valence-corrected chi connectivity index (χ0v) is 19.8. The SMILES string of the molecule is COC(=O)c1c(OCCCc2ccccc2)cc(=O)n2c1CCN(C(=O)c1c(F)cccc1F)CC2. The van der Waals surface area contributed by atoms with Crippen LogP contribution in [0.1, 0.15) is 38.4 Å². The molecule has 0 saturated heterocycles. The van der Waals surface area contributed by atoms with E-state index in [2.05, 4.69) is 0 Å². The molecule has 0 aliphatic carbocycles. The van der Waals surface area contributed by atoms with Gasteiger partial charge >= 0.3 is 5.97 Å². The van der Waals surface area contributed by atoms with Gasteiger partial charge in [-0.25, -0.2) is 13.6 Å². The summed E-state index contributed by atoms with van der Waals surface area (Å²) < 4.78 is 40.6. The number of rotatable bonds is 7. The maximum atomic E-state index is 14.2. The van der Waals surface area contributed by atoms with Crippen molar-refractivity contribution >= 4 is 11.9 Å². The molecule has 7 nitrogen and oxygen atoms in total. The summed E-state index contributed by atoms with van der Waals surface area (Å²) in [5, 5.41) is 0. The molecule has 1 aliphatic heterocycles. The molecule has 0 atom stereocenters. The number of pyridine rings is 1. The summed E-state index contributed by atoms with van der Waals surface area (Å²) >= 11 is 0. The fourth-order valence-corrected chi connectivity index (χ4v) is 4.35. The van der Waals surface area contributed by atoms with Gasteiger partial charge in [0.2, 0.25) is 0 Å². The lowest BCUT2D eigenvalue weighted by atomic mass is 10.1. The van der Waals surface area contributed by atoms with Crippen molar-refractivity contribution in [2.45, 2.75) is 25.8 Å². The minimum Gasteiger partial charge on any atom is -0.492 e. The molecule has 0 unspecified atom stereocenters. The Kier molecular flexibility index (Phi) is 7.77. The van der Waals surface area contributed by atoms with Gasteiger partial charge in [0.1, 0.15) is 28.5 Å². The van der Waals surface area contributed by atoms with Gasteiger partial charge in [0.25, 0.3) is 11.5 Å². The first-order valence-corrected chi connectivity index (χ1v) is 11.7. The molecule has 0 spiro atoms. The Morgan fingerprint density at radius 1 is 0.944 bits per heavy atom. The highest BCUT2D eigenvalue weighted by atomic mass is 19.1. The van der Waals surface area contributed by atoms with E-state index in [1.807, 2.05) is 30.3 Å². The van der Waals surface area contributed by atoms with Gasteiger partial charge in [-0.15, -0.1) is 0 Å². The number of carbonyl (C=O) groups excluding carboxylic acids is 2. The van der Waals surface area contributed by atoms with Crippen molar-refractivity contribution in [3.05, 3.63) is 99.0 Å². The number of fused-ring (bicyclic) bond motifs is 1. The number of carbonyl (C=O) groups is 2. The summed E-state index contributed by atoms with van der Waals surface area (Å²) in [6.45, 7) is 0.415. The quantitative estimate of drug-likeness (QED) is 0.369. The normalized spacial score (nSPS) is 13.0. The second-order valence-electron chi connectivity index (χ2n) is 8.39. The van der Waals surface area contributed by atoms with E-state index in [1.165, 1.54) is 28.7 Å². The van der Waals surface area contributed by atoms with Crippen molar-refractivity contribution in [1.82, 2.24) is 9.47 Å². The third-order valence-electron chi connectivity index (χ3n) is 6.16. The lowest BCUT2D eigenvalue weighted by Gasteiger charge is -2.20. The smallest absolute Gasteiger partial charge is 0.343 e. The number of nitrogens with zero attached hydrogens (tertiary/aromatic N) is 2. The average molecular weight is 497 g/mol.